The van der Waals surface area contributed by atoms with Crippen molar-refractivity contribution in [2.24, 2.45) is 5.92 Å². The summed E-state index contributed by atoms with van der Waals surface area (Å²) < 4.78 is 1.14. The highest BCUT2D eigenvalue weighted by molar-refractivity contribution is 9.10. The summed E-state index contributed by atoms with van der Waals surface area (Å²) >= 11 is 3.58. The van der Waals surface area contributed by atoms with Gasteiger partial charge in [0.2, 0.25) is 0 Å². The van der Waals surface area contributed by atoms with Crippen molar-refractivity contribution < 1.29 is 4.79 Å². The monoisotopic (exact) mass is 322 g/mol. The molecule has 3 unspecified atom stereocenters. The number of nitrogens with one attached hydrogen (secondary N) is 1. The number of carbonyl (C=O) groups excluding carboxylic acids is 1. The number of hydrogen-bond donors (Lipinski definition) is 1. The van der Waals surface area contributed by atoms with Gasteiger partial charge in [0.1, 0.15) is 0 Å². The summed E-state index contributed by atoms with van der Waals surface area (Å²) in [6.07, 6.45) is 2.18. The van der Waals surface area contributed by atoms with Crippen LogP contribution in [0.5, 0.6) is 0 Å². The minimum Gasteiger partial charge on any atom is -0.335 e. The fourth-order valence-electron chi connectivity index (χ4n) is 2.84. The average molecular weight is 323 g/mol. The van der Waals surface area contributed by atoms with Crippen LogP contribution in [-0.4, -0.2) is 30.1 Å². The number of amides is 2. The Morgan fingerprint density at radius 3 is 2.89 bits per heavy atom. The Labute approximate surface area is 122 Å². The minimum atomic E-state index is 0.115. The lowest BCUT2D eigenvalue weighted by Crippen LogP contribution is -2.39. The average Bonchev–Trinajstić information content (AvgIpc) is 2.99. The van der Waals surface area contributed by atoms with E-state index in [0.717, 1.165) is 30.4 Å². The number of halogens is 1. The highest BCUT2D eigenvalue weighted by Gasteiger charge is 2.41. The van der Waals surface area contributed by atoms with Crippen LogP contribution in [0, 0.1) is 5.92 Å². The maximum Gasteiger partial charge on any atom is 0.317 e. The lowest BCUT2D eigenvalue weighted by atomic mass is 10.1. The van der Waals surface area contributed by atoms with E-state index >= 15 is 0 Å². The second-order valence-corrected chi connectivity index (χ2v) is 6.61. The smallest absolute Gasteiger partial charge is 0.317 e. The molecule has 1 aliphatic heterocycles. The molecular weight excluding hydrogens is 304 g/mol. The summed E-state index contributed by atoms with van der Waals surface area (Å²) in [5, 5.41) is 3.16. The van der Waals surface area contributed by atoms with E-state index < -0.39 is 0 Å². The molecule has 2 amide bonds. The normalized spacial score (nSPS) is 29.4. The summed E-state index contributed by atoms with van der Waals surface area (Å²) in [6, 6.07) is 8.70. The molecule has 2 aliphatic rings. The van der Waals surface area contributed by atoms with E-state index in [9.17, 15) is 4.79 Å². The molecule has 3 rings (SSSR count). The van der Waals surface area contributed by atoms with Crippen LogP contribution >= 0.6 is 15.9 Å². The van der Waals surface area contributed by atoms with E-state index in [4.69, 9.17) is 0 Å². The molecule has 19 heavy (non-hydrogen) atoms. The largest absolute Gasteiger partial charge is 0.335 e. The SMILES string of the molecule is CC1CCN(C(=O)NC2CC2c2ccccc2Br)C1. The van der Waals surface area contributed by atoms with Crippen molar-refractivity contribution in [3.63, 3.8) is 0 Å². The van der Waals surface area contributed by atoms with Gasteiger partial charge in [0.05, 0.1) is 0 Å². The third kappa shape index (κ3) is 2.78. The Morgan fingerprint density at radius 2 is 2.21 bits per heavy atom. The third-order valence-electron chi connectivity index (χ3n) is 4.12. The van der Waals surface area contributed by atoms with Crippen LogP contribution in [0.2, 0.25) is 0 Å². The van der Waals surface area contributed by atoms with Crippen molar-refractivity contribution in [3.05, 3.63) is 34.3 Å². The van der Waals surface area contributed by atoms with Crippen molar-refractivity contribution in [2.75, 3.05) is 13.1 Å². The van der Waals surface area contributed by atoms with Gasteiger partial charge in [-0.05, 0) is 30.4 Å². The molecule has 3 atom stereocenters. The Balaban J connectivity index is 1.56. The van der Waals surface area contributed by atoms with Crippen LogP contribution in [0.15, 0.2) is 28.7 Å². The van der Waals surface area contributed by atoms with Crippen molar-refractivity contribution in [1.29, 1.82) is 0 Å². The lowest BCUT2D eigenvalue weighted by Gasteiger charge is -2.17. The van der Waals surface area contributed by atoms with Crippen molar-refractivity contribution in [2.45, 2.75) is 31.7 Å². The Morgan fingerprint density at radius 1 is 1.42 bits per heavy atom. The minimum absolute atomic E-state index is 0.115. The van der Waals surface area contributed by atoms with Gasteiger partial charge in [-0.15, -0.1) is 0 Å². The highest BCUT2D eigenvalue weighted by atomic mass is 79.9. The molecule has 102 valence electrons. The van der Waals surface area contributed by atoms with Gasteiger partial charge in [0.15, 0.2) is 0 Å². The standard InChI is InChI=1S/C15H19BrN2O/c1-10-6-7-18(9-10)15(19)17-14-8-12(14)11-4-2-3-5-13(11)16/h2-5,10,12,14H,6-9H2,1H3,(H,17,19). The Kier molecular flexibility index (Phi) is 3.52. The molecule has 1 aromatic carbocycles. The number of rotatable bonds is 2. The predicted octanol–water partition coefficient (Wildman–Crippen LogP) is 3.36. The molecule has 1 saturated carbocycles. The topological polar surface area (TPSA) is 32.3 Å². The van der Waals surface area contributed by atoms with Gasteiger partial charge in [0, 0.05) is 29.5 Å². The van der Waals surface area contributed by atoms with Gasteiger partial charge in [-0.1, -0.05) is 41.1 Å². The van der Waals surface area contributed by atoms with Gasteiger partial charge in [-0.3, -0.25) is 0 Å². The molecule has 2 fully saturated rings. The molecule has 1 aromatic rings. The number of hydrogen-bond acceptors (Lipinski definition) is 1. The molecule has 1 N–H and O–H groups in total. The molecule has 0 bridgehead atoms. The van der Waals surface area contributed by atoms with E-state index in [1.54, 1.807) is 0 Å². The first-order valence-corrected chi connectivity index (χ1v) is 7.74. The van der Waals surface area contributed by atoms with Gasteiger partial charge in [-0.25, -0.2) is 4.79 Å². The zero-order valence-electron chi connectivity index (χ0n) is 11.1. The quantitative estimate of drug-likeness (QED) is 0.889. The van der Waals surface area contributed by atoms with Crippen LogP contribution in [-0.2, 0) is 0 Å². The number of likely N-dealkylation sites (tertiary alicyclic amines) is 1. The van der Waals surface area contributed by atoms with Crippen LogP contribution in [0.25, 0.3) is 0 Å². The van der Waals surface area contributed by atoms with Crippen LogP contribution in [0.1, 0.15) is 31.2 Å². The van der Waals surface area contributed by atoms with Gasteiger partial charge in [-0.2, -0.15) is 0 Å². The fourth-order valence-corrected chi connectivity index (χ4v) is 3.42. The fraction of sp³-hybridized carbons (Fsp3) is 0.533. The van der Waals surface area contributed by atoms with Gasteiger partial charge in [0.25, 0.3) is 0 Å². The van der Waals surface area contributed by atoms with Crippen LogP contribution in [0.3, 0.4) is 0 Å². The molecule has 1 saturated heterocycles. The first-order chi connectivity index (χ1) is 9.15. The summed E-state index contributed by atoms with van der Waals surface area (Å²) in [7, 11) is 0. The van der Waals surface area contributed by atoms with Crippen molar-refractivity contribution in [1.82, 2.24) is 10.2 Å². The van der Waals surface area contributed by atoms with E-state index in [0.29, 0.717) is 17.9 Å². The summed E-state index contributed by atoms with van der Waals surface area (Å²) in [5.41, 5.74) is 1.31. The number of benzene rings is 1. The lowest BCUT2D eigenvalue weighted by molar-refractivity contribution is 0.206. The van der Waals surface area contributed by atoms with E-state index in [2.05, 4.69) is 46.4 Å². The maximum absolute atomic E-state index is 12.1. The second kappa shape index (κ2) is 5.16. The van der Waals surface area contributed by atoms with Gasteiger partial charge < -0.3 is 10.2 Å². The number of carbonyl (C=O) groups is 1. The number of urea groups is 1. The molecule has 1 aliphatic carbocycles. The summed E-state index contributed by atoms with van der Waals surface area (Å²) in [6.45, 7) is 4.01. The van der Waals surface area contributed by atoms with Crippen LogP contribution < -0.4 is 5.32 Å². The molecule has 0 spiro atoms. The Hall–Kier alpha value is -1.03. The first kappa shape index (κ1) is 13.0. The van der Waals surface area contributed by atoms with E-state index in [1.807, 2.05) is 11.0 Å². The van der Waals surface area contributed by atoms with Crippen LogP contribution in [0.4, 0.5) is 4.79 Å². The van der Waals surface area contributed by atoms with E-state index in [1.165, 1.54) is 5.56 Å². The summed E-state index contributed by atoms with van der Waals surface area (Å²) in [5.74, 6) is 1.11. The van der Waals surface area contributed by atoms with Crippen molar-refractivity contribution in [3.8, 4) is 0 Å². The van der Waals surface area contributed by atoms with Gasteiger partial charge >= 0.3 is 6.03 Å². The highest BCUT2D eigenvalue weighted by Crippen LogP contribution is 2.43. The second-order valence-electron chi connectivity index (χ2n) is 5.76. The molecule has 4 heteroatoms. The molecule has 3 nitrogen and oxygen atoms in total. The van der Waals surface area contributed by atoms with E-state index in [-0.39, 0.29) is 6.03 Å². The molecular formula is C15H19BrN2O. The number of nitrogens with zero attached hydrogens (tertiary/aromatic N) is 1. The molecule has 0 aromatic heterocycles. The Bertz CT molecular complexity index is 491. The zero-order valence-corrected chi connectivity index (χ0v) is 12.7. The zero-order chi connectivity index (χ0) is 13.4. The molecule has 1 heterocycles. The summed E-state index contributed by atoms with van der Waals surface area (Å²) in [4.78, 5) is 14.1. The predicted molar refractivity (Wildman–Crippen MR) is 79.2 cm³/mol. The molecule has 0 radical (unpaired) electrons. The first-order valence-electron chi connectivity index (χ1n) is 6.95. The maximum atomic E-state index is 12.1. The van der Waals surface area contributed by atoms with Crippen molar-refractivity contribution >= 4 is 22.0 Å². The third-order valence-corrected chi connectivity index (χ3v) is 4.84.